The summed E-state index contributed by atoms with van der Waals surface area (Å²) in [6.45, 7) is 2.01. The molecule has 21 heavy (non-hydrogen) atoms. The number of hydrogen-bond acceptors (Lipinski definition) is 3. The Labute approximate surface area is 125 Å². The minimum Gasteiger partial charge on any atom is -0.349 e. The van der Waals surface area contributed by atoms with Crippen molar-refractivity contribution in [3.05, 3.63) is 29.3 Å². The molecule has 0 heterocycles. The van der Waals surface area contributed by atoms with Crippen molar-refractivity contribution in [1.82, 2.24) is 5.32 Å². The van der Waals surface area contributed by atoms with Gasteiger partial charge < -0.3 is 5.32 Å². The van der Waals surface area contributed by atoms with Crippen LogP contribution in [-0.4, -0.2) is 20.4 Å². The van der Waals surface area contributed by atoms with E-state index in [1.165, 1.54) is 0 Å². The Morgan fingerprint density at radius 1 is 1.43 bits per heavy atom. The molecule has 1 saturated carbocycles. The summed E-state index contributed by atoms with van der Waals surface area (Å²) < 4.78 is 49.4. The van der Waals surface area contributed by atoms with E-state index in [-0.39, 0.29) is 6.04 Å². The lowest BCUT2D eigenvalue weighted by Crippen LogP contribution is -2.28. The van der Waals surface area contributed by atoms with E-state index in [9.17, 15) is 22.0 Å². The molecular weight excluding hydrogens is 324 g/mol. The van der Waals surface area contributed by atoms with Gasteiger partial charge in [-0.2, -0.15) is 0 Å². The zero-order valence-corrected chi connectivity index (χ0v) is 12.8. The molecule has 2 atom stereocenters. The molecule has 0 radical (unpaired) electrons. The molecule has 1 N–H and O–H groups in total. The van der Waals surface area contributed by atoms with Gasteiger partial charge in [-0.15, -0.1) is 0 Å². The summed E-state index contributed by atoms with van der Waals surface area (Å²) >= 11 is 0. The van der Waals surface area contributed by atoms with Crippen molar-refractivity contribution in [2.75, 3.05) is 0 Å². The number of carbonyl (C=O) groups is 1. The Balaban J connectivity index is 2.23. The fourth-order valence-electron chi connectivity index (χ4n) is 2.23. The molecule has 0 saturated heterocycles. The van der Waals surface area contributed by atoms with E-state index >= 15 is 0 Å². The number of nitrogens with one attached hydrogen (secondary N) is 1. The van der Waals surface area contributed by atoms with Crippen LogP contribution in [0.15, 0.2) is 17.0 Å². The summed E-state index contributed by atoms with van der Waals surface area (Å²) in [5, 5.41) is 2.57. The molecule has 1 aliphatic rings. The molecule has 1 fully saturated rings. The maximum atomic E-state index is 13.7. The lowest BCUT2D eigenvalue weighted by atomic mass is 10.2. The van der Waals surface area contributed by atoms with Crippen molar-refractivity contribution in [3.63, 3.8) is 0 Å². The summed E-state index contributed by atoms with van der Waals surface area (Å²) in [4.78, 5) is 11.3. The van der Waals surface area contributed by atoms with Gasteiger partial charge in [-0.3, -0.25) is 4.79 Å². The van der Waals surface area contributed by atoms with Crippen LogP contribution in [0.5, 0.6) is 0 Å². The molecule has 8 heteroatoms. The smallest absolute Gasteiger partial charge is 0.261 e. The third kappa shape index (κ3) is 3.71. The zero-order valence-electron chi connectivity index (χ0n) is 11.2. The highest BCUT2D eigenvalue weighted by Crippen LogP contribution is 2.35. The first kappa shape index (κ1) is 16.2. The highest BCUT2D eigenvalue weighted by atomic mass is 35.7. The monoisotopic (exact) mass is 337 g/mol. The summed E-state index contributed by atoms with van der Waals surface area (Å²) in [6.07, 6.45) is 2.70. The van der Waals surface area contributed by atoms with Crippen LogP contribution in [0, 0.1) is 17.6 Å². The van der Waals surface area contributed by atoms with Crippen molar-refractivity contribution in [2.45, 2.75) is 37.1 Å². The van der Waals surface area contributed by atoms with Crippen molar-refractivity contribution >= 4 is 25.6 Å². The second kappa shape index (κ2) is 5.88. The van der Waals surface area contributed by atoms with Crippen LogP contribution < -0.4 is 5.32 Å². The maximum absolute atomic E-state index is 13.7. The second-order valence-corrected chi connectivity index (χ2v) is 7.63. The van der Waals surface area contributed by atoms with Crippen molar-refractivity contribution in [3.8, 4) is 0 Å². The molecule has 0 spiro atoms. The van der Waals surface area contributed by atoms with Crippen LogP contribution >= 0.6 is 10.7 Å². The first-order chi connectivity index (χ1) is 9.74. The Bertz CT molecular complexity index is 678. The quantitative estimate of drug-likeness (QED) is 0.840. The first-order valence-corrected chi connectivity index (χ1v) is 8.79. The molecule has 0 aromatic heterocycles. The van der Waals surface area contributed by atoms with E-state index in [1.54, 1.807) is 0 Å². The number of benzene rings is 1. The van der Waals surface area contributed by atoms with Crippen LogP contribution in [-0.2, 0) is 9.05 Å². The van der Waals surface area contributed by atoms with Gasteiger partial charge in [0.05, 0.1) is 10.5 Å². The van der Waals surface area contributed by atoms with Gasteiger partial charge in [0, 0.05) is 16.7 Å². The standard InChI is InChI=1S/C13H14ClF2NO3S/c1-2-3-7-4-11(7)17-13(18)9-5-8(21(14,19)20)6-10(15)12(9)16/h5-7,11H,2-4H2,1H3,(H,17,18). The van der Waals surface area contributed by atoms with Gasteiger partial charge in [0.2, 0.25) is 0 Å². The van der Waals surface area contributed by atoms with Crippen molar-refractivity contribution in [1.29, 1.82) is 0 Å². The van der Waals surface area contributed by atoms with Crippen LogP contribution in [0.1, 0.15) is 36.5 Å². The van der Waals surface area contributed by atoms with E-state index in [1.807, 2.05) is 6.92 Å². The van der Waals surface area contributed by atoms with Gasteiger partial charge in [0.15, 0.2) is 11.6 Å². The van der Waals surface area contributed by atoms with Crippen LogP contribution in [0.4, 0.5) is 8.78 Å². The minimum atomic E-state index is -4.24. The summed E-state index contributed by atoms with van der Waals surface area (Å²) in [5.41, 5.74) is -0.656. The second-order valence-electron chi connectivity index (χ2n) is 5.07. The van der Waals surface area contributed by atoms with Crippen molar-refractivity contribution < 1.29 is 22.0 Å². The summed E-state index contributed by atoms with van der Waals surface area (Å²) in [7, 11) is 0.849. The molecule has 0 aliphatic heterocycles. The molecule has 116 valence electrons. The highest BCUT2D eigenvalue weighted by Gasteiger charge is 2.38. The van der Waals surface area contributed by atoms with Crippen molar-refractivity contribution in [2.24, 2.45) is 5.92 Å². The van der Waals surface area contributed by atoms with Crippen LogP contribution in [0.3, 0.4) is 0 Å². The average Bonchev–Trinajstić information content (AvgIpc) is 3.09. The maximum Gasteiger partial charge on any atom is 0.261 e. The first-order valence-electron chi connectivity index (χ1n) is 6.48. The predicted octanol–water partition coefficient (Wildman–Crippen LogP) is 2.81. The van der Waals surface area contributed by atoms with E-state index in [0.717, 1.165) is 25.3 Å². The Morgan fingerprint density at radius 3 is 2.67 bits per heavy atom. The van der Waals surface area contributed by atoms with Gasteiger partial charge in [-0.1, -0.05) is 13.3 Å². The Morgan fingerprint density at radius 2 is 2.10 bits per heavy atom. The van der Waals surface area contributed by atoms with E-state index in [0.29, 0.717) is 12.0 Å². The number of hydrogen-bond donors (Lipinski definition) is 1. The number of rotatable bonds is 5. The van der Waals surface area contributed by atoms with Gasteiger partial charge in [0.25, 0.3) is 15.0 Å². The van der Waals surface area contributed by atoms with Gasteiger partial charge >= 0.3 is 0 Å². The third-order valence-corrected chi connectivity index (χ3v) is 4.76. The largest absolute Gasteiger partial charge is 0.349 e. The van der Waals surface area contributed by atoms with E-state index in [2.05, 4.69) is 5.32 Å². The summed E-state index contributed by atoms with van der Waals surface area (Å²) in [6, 6.07) is 1.12. The predicted molar refractivity (Wildman–Crippen MR) is 73.7 cm³/mol. The molecule has 1 aliphatic carbocycles. The number of halogens is 3. The number of amides is 1. The summed E-state index contributed by atoms with van der Waals surface area (Å²) in [5.74, 6) is -3.31. The SMILES string of the molecule is CCCC1CC1NC(=O)c1cc(S(=O)(=O)Cl)cc(F)c1F. The normalized spacial score (nSPS) is 21.1. The fourth-order valence-corrected chi connectivity index (χ4v) is 3.00. The van der Waals surface area contributed by atoms with Crippen LogP contribution in [0.25, 0.3) is 0 Å². The zero-order chi connectivity index (χ0) is 15.8. The molecular formula is C13H14ClF2NO3S. The topological polar surface area (TPSA) is 63.2 Å². The van der Waals surface area contributed by atoms with E-state index < -0.39 is 37.1 Å². The molecule has 1 aromatic carbocycles. The van der Waals surface area contributed by atoms with Crippen LogP contribution in [0.2, 0.25) is 0 Å². The molecule has 2 unspecified atom stereocenters. The molecule has 0 bridgehead atoms. The minimum absolute atomic E-state index is 0.0730. The van der Waals surface area contributed by atoms with Gasteiger partial charge in [-0.25, -0.2) is 17.2 Å². The molecule has 4 nitrogen and oxygen atoms in total. The van der Waals surface area contributed by atoms with E-state index in [4.69, 9.17) is 10.7 Å². The fraction of sp³-hybridized carbons (Fsp3) is 0.462. The third-order valence-electron chi connectivity index (χ3n) is 3.43. The number of carbonyl (C=O) groups excluding carboxylic acids is 1. The Kier molecular flexibility index (Phi) is 4.53. The Hall–Kier alpha value is -1.21. The van der Waals surface area contributed by atoms with Gasteiger partial charge in [-0.05, 0) is 30.9 Å². The van der Waals surface area contributed by atoms with Gasteiger partial charge in [0.1, 0.15) is 0 Å². The average molecular weight is 338 g/mol. The highest BCUT2D eigenvalue weighted by molar-refractivity contribution is 8.13. The lowest BCUT2D eigenvalue weighted by Gasteiger charge is -2.08. The molecule has 2 rings (SSSR count). The molecule has 1 aromatic rings. The molecule has 1 amide bonds. The lowest BCUT2D eigenvalue weighted by molar-refractivity contribution is 0.0943.